The van der Waals surface area contributed by atoms with E-state index in [0.29, 0.717) is 36.2 Å². The van der Waals surface area contributed by atoms with Gasteiger partial charge in [0.2, 0.25) is 35.4 Å². The first-order chi connectivity index (χ1) is 33.9. The molecule has 6 atom stereocenters. The van der Waals surface area contributed by atoms with Crippen molar-refractivity contribution in [2.75, 3.05) is 6.54 Å². The van der Waals surface area contributed by atoms with Gasteiger partial charge in [-0.3, -0.25) is 28.8 Å². The zero-order chi connectivity index (χ0) is 49.4. The lowest BCUT2D eigenvalue weighted by atomic mass is 9.99. The summed E-state index contributed by atoms with van der Waals surface area (Å²) in [6.07, 6.45) is 8.16. The number of hydrogen-bond donors (Lipinski definition) is 11. The van der Waals surface area contributed by atoms with Gasteiger partial charge in [0.25, 0.3) is 0 Å². The van der Waals surface area contributed by atoms with Crippen LogP contribution in [0.4, 0.5) is 0 Å². The van der Waals surface area contributed by atoms with Gasteiger partial charge >= 0.3 is 0 Å². The third-order valence-corrected chi connectivity index (χ3v) is 12.2. The number of H-pyrrole nitrogens is 3. The molecule has 3 aromatic heterocycles. The van der Waals surface area contributed by atoms with Gasteiger partial charge in [-0.05, 0) is 60.2 Å². The fourth-order valence-electron chi connectivity index (χ4n) is 8.45. The maximum atomic E-state index is 14.9. The predicted molar refractivity (Wildman–Crippen MR) is 266 cm³/mol. The van der Waals surface area contributed by atoms with Gasteiger partial charge in [0.15, 0.2) is 0 Å². The van der Waals surface area contributed by atoms with E-state index >= 15 is 0 Å². The van der Waals surface area contributed by atoms with E-state index < -0.39 is 71.7 Å². The first-order valence-electron chi connectivity index (χ1n) is 23.4. The highest BCUT2D eigenvalue weighted by Crippen LogP contribution is 2.21. The third-order valence-electron chi connectivity index (χ3n) is 12.2. The number of nitrogens with one attached hydrogen (secondary N) is 8. The van der Waals surface area contributed by atoms with Crippen molar-refractivity contribution < 1.29 is 28.8 Å². The van der Waals surface area contributed by atoms with E-state index in [1.165, 1.54) is 6.33 Å². The molecule has 0 aliphatic heterocycles. The van der Waals surface area contributed by atoms with Gasteiger partial charge in [-0.2, -0.15) is 0 Å². The number of unbranched alkanes of at least 4 members (excludes halogenated alkanes) is 1. The zero-order valence-electron chi connectivity index (χ0n) is 38.7. The summed E-state index contributed by atoms with van der Waals surface area (Å²) in [4.78, 5) is 98.1. The molecule has 4 aromatic carbocycles. The molecule has 18 nitrogen and oxygen atoms in total. The molecule has 0 aliphatic rings. The van der Waals surface area contributed by atoms with Crippen LogP contribution in [0.15, 0.2) is 134 Å². The summed E-state index contributed by atoms with van der Waals surface area (Å²) in [5.41, 5.74) is 22.9. The van der Waals surface area contributed by atoms with E-state index in [-0.39, 0.29) is 38.5 Å². The lowest BCUT2D eigenvalue weighted by Crippen LogP contribution is -2.60. The molecule has 364 valence electrons. The highest BCUT2D eigenvalue weighted by Gasteiger charge is 2.34. The van der Waals surface area contributed by atoms with Crippen molar-refractivity contribution in [2.24, 2.45) is 17.2 Å². The predicted octanol–water partition coefficient (Wildman–Crippen LogP) is 2.25. The molecule has 3 heterocycles. The molecule has 7 aromatic rings. The summed E-state index contributed by atoms with van der Waals surface area (Å²) in [5.74, 6) is -4.05. The molecule has 0 bridgehead atoms. The lowest BCUT2D eigenvalue weighted by Gasteiger charge is -2.27. The minimum Gasteiger partial charge on any atom is -0.368 e. The molecular formula is C52H60N12O6. The standard InChI is InChI=1S/C52H60N12O6/c53-22-12-11-21-42(47(55)65)60-49(67)43(23-32-13-3-1-4-14-32)62-52(70)46(26-35-29-58-41-20-10-8-18-38(35)41)64-50(68)44(24-33-15-5-2-6-16-33)63-51(69)45(25-34-28-57-40-19-9-7-17-37(34)40)61-48(66)39(54)27-36-30-56-31-59-36/h1-10,13-20,28-31,39,42-46,57-58H,11-12,21-27,53-54H2,(H2,55,65)(H,56,59)(H,60,67)(H,61,66)(H,62,70)(H,63,69)(H,64,68)/t39-,42-,43+,44-,45+,46-/m0/s1. The van der Waals surface area contributed by atoms with Crippen molar-refractivity contribution in [1.82, 2.24) is 46.5 Å². The van der Waals surface area contributed by atoms with E-state index in [4.69, 9.17) is 17.2 Å². The average molecular weight is 949 g/mol. The number of nitrogens with two attached hydrogens (primary N) is 3. The first kappa shape index (κ1) is 49.8. The fraction of sp³-hybridized carbons (Fsp3) is 0.288. The van der Waals surface area contributed by atoms with Crippen molar-refractivity contribution in [3.05, 3.63) is 162 Å². The van der Waals surface area contributed by atoms with Crippen LogP contribution in [0.2, 0.25) is 0 Å². The maximum absolute atomic E-state index is 14.9. The summed E-state index contributed by atoms with van der Waals surface area (Å²) < 4.78 is 0. The van der Waals surface area contributed by atoms with Crippen molar-refractivity contribution >= 4 is 57.2 Å². The van der Waals surface area contributed by atoms with Crippen LogP contribution in [0.1, 0.15) is 47.2 Å². The Hall–Kier alpha value is -8.09. The van der Waals surface area contributed by atoms with Gasteiger partial charge in [-0.15, -0.1) is 0 Å². The molecule has 7 rings (SSSR count). The second-order valence-electron chi connectivity index (χ2n) is 17.4. The van der Waals surface area contributed by atoms with Gasteiger partial charge < -0.3 is 58.7 Å². The van der Waals surface area contributed by atoms with Crippen LogP contribution in [0.5, 0.6) is 0 Å². The van der Waals surface area contributed by atoms with Crippen LogP contribution >= 0.6 is 0 Å². The van der Waals surface area contributed by atoms with E-state index in [2.05, 4.69) is 46.5 Å². The molecule has 6 amide bonds. The number of nitrogens with zero attached hydrogens (tertiary/aromatic N) is 1. The Morgan fingerprint density at radius 2 is 0.929 bits per heavy atom. The lowest BCUT2D eigenvalue weighted by molar-refractivity contribution is -0.135. The number of amides is 6. The number of hydrogen-bond acceptors (Lipinski definition) is 9. The number of carbonyl (C=O) groups is 6. The summed E-state index contributed by atoms with van der Waals surface area (Å²) in [6.45, 7) is 0.399. The average Bonchev–Trinajstić information content (AvgIpc) is 4.14. The first-order valence-corrected chi connectivity index (χ1v) is 23.4. The SMILES string of the molecule is NCCCC[C@H](NC(=O)[C@@H](Cc1ccccc1)NC(=O)[C@H](Cc1c[nH]c2ccccc12)NC(=O)[C@H](Cc1ccccc1)NC(=O)[C@@H](Cc1c[nH]c2ccccc12)NC(=O)[C@@H](N)Cc1cnc[nH]1)C(N)=O. The van der Waals surface area contributed by atoms with Crippen LogP contribution in [0.25, 0.3) is 21.8 Å². The Morgan fingerprint density at radius 3 is 1.37 bits per heavy atom. The Labute approximate surface area is 404 Å². The molecule has 0 unspecified atom stereocenters. The molecule has 0 saturated carbocycles. The number of imidazole rings is 1. The molecule has 0 radical (unpaired) electrons. The number of carbonyl (C=O) groups excluding carboxylic acids is 6. The summed E-state index contributed by atoms with van der Waals surface area (Å²) in [7, 11) is 0. The van der Waals surface area contributed by atoms with E-state index in [0.717, 1.165) is 32.9 Å². The van der Waals surface area contributed by atoms with Crippen LogP contribution in [-0.2, 0) is 60.9 Å². The number of para-hydroxylation sites is 2. The summed E-state index contributed by atoms with van der Waals surface area (Å²) in [6, 6.07) is 26.1. The molecule has 0 saturated heterocycles. The number of rotatable bonds is 25. The molecule has 18 heteroatoms. The van der Waals surface area contributed by atoms with Crippen molar-refractivity contribution in [3.63, 3.8) is 0 Å². The zero-order valence-corrected chi connectivity index (χ0v) is 38.7. The van der Waals surface area contributed by atoms with E-state index in [1.54, 1.807) is 42.9 Å². The molecular weight excluding hydrogens is 889 g/mol. The highest BCUT2D eigenvalue weighted by atomic mass is 16.2. The smallest absolute Gasteiger partial charge is 0.243 e. The van der Waals surface area contributed by atoms with Crippen molar-refractivity contribution in [2.45, 2.75) is 87.6 Å². The fourth-order valence-corrected chi connectivity index (χ4v) is 8.45. The third kappa shape index (κ3) is 13.5. The second kappa shape index (κ2) is 24.3. The summed E-state index contributed by atoms with van der Waals surface area (Å²) in [5, 5.41) is 15.9. The monoisotopic (exact) mass is 948 g/mol. The van der Waals surface area contributed by atoms with Crippen LogP contribution < -0.4 is 43.8 Å². The van der Waals surface area contributed by atoms with Gasteiger partial charge in [-0.1, -0.05) is 97.1 Å². The molecule has 0 spiro atoms. The topological polar surface area (TPSA) is 301 Å². The Kier molecular flexibility index (Phi) is 17.3. The quantitative estimate of drug-likeness (QED) is 0.0374. The number of aromatic nitrogens is 4. The maximum Gasteiger partial charge on any atom is 0.243 e. The van der Waals surface area contributed by atoms with Gasteiger partial charge in [0.1, 0.15) is 30.2 Å². The van der Waals surface area contributed by atoms with Crippen molar-refractivity contribution in [1.29, 1.82) is 0 Å². The van der Waals surface area contributed by atoms with Gasteiger partial charge in [0.05, 0.1) is 12.4 Å². The van der Waals surface area contributed by atoms with Crippen LogP contribution in [-0.4, -0.2) is 98.2 Å². The van der Waals surface area contributed by atoms with Crippen LogP contribution in [0.3, 0.4) is 0 Å². The normalized spacial score (nSPS) is 13.9. The largest absolute Gasteiger partial charge is 0.368 e. The highest BCUT2D eigenvalue weighted by molar-refractivity contribution is 5.98. The summed E-state index contributed by atoms with van der Waals surface area (Å²) >= 11 is 0. The van der Waals surface area contributed by atoms with Gasteiger partial charge in [-0.25, -0.2) is 4.98 Å². The van der Waals surface area contributed by atoms with E-state index in [1.807, 2.05) is 84.9 Å². The molecule has 0 fully saturated rings. The molecule has 70 heavy (non-hydrogen) atoms. The van der Waals surface area contributed by atoms with Gasteiger partial charge in [0, 0.05) is 78.2 Å². The molecule has 0 aliphatic carbocycles. The Bertz CT molecular complexity index is 2850. The second-order valence-corrected chi connectivity index (χ2v) is 17.4. The number of primary amides is 1. The number of aromatic amines is 3. The van der Waals surface area contributed by atoms with Crippen molar-refractivity contribution in [3.8, 4) is 0 Å². The molecule has 14 N–H and O–H groups in total. The minimum absolute atomic E-state index is 0.00459. The van der Waals surface area contributed by atoms with Crippen LogP contribution in [0, 0.1) is 0 Å². The van der Waals surface area contributed by atoms with E-state index in [9.17, 15) is 28.8 Å². The number of fused-ring (bicyclic) bond motifs is 2. The Morgan fingerprint density at radius 1 is 0.500 bits per heavy atom. The minimum atomic E-state index is -1.30. The Balaban J connectivity index is 1.18. The number of benzene rings is 4.